The molecule has 0 unspecified atom stereocenters. The number of fused-ring (bicyclic) bond motifs is 1. The molecule has 0 fully saturated rings. The van der Waals surface area contributed by atoms with Crippen LogP contribution in [0.3, 0.4) is 0 Å². The van der Waals surface area contributed by atoms with Gasteiger partial charge in [0.1, 0.15) is 4.90 Å². The van der Waals surface area contributed by atoms with E-state index in [0.29, 0.717) is 6.42 Å². The van der Waals surface area contributed by atoms with Crippen molar-refractivity contribution in [3.63, 3.8) is 0 Å². The molecular formula is C25H38O3S. The maximum atomic E-state index is 12.6. The van der Waals surface area contributed by atoms with Crippen molar-refractivity contribution < 1.29 is 13.0 Å². The van der Waals surface area contributed by atoms with E-state index in [4.69, 9.17) is 0 Å². The molecule has 0 aliphatic heterocycles. The second-order valence-electron chi connectivity index (χ2n) is 8.12. The number of aryl methyl sites for hydroxylation is 3. The Balaban J connectivity index is 3.16. The molecule has 0 aliphatic rings. The lowest BCUT2D eigenvalue weighted by molar-refractivity contribution is 0.483. The Kier molecular flexibility index (Phi) is 8.72. The summed E-state index contributed by atoms with van der Waals surface area (Å²) in [7, 11) is -4.31. The van der Waals surface area contributed by atoms with Gasteiger partial charge in [-0.1, -0.05) is 78.9 Å². The highest BCUT2D eigenvalue weighted by atomic mass is 32.2. The van der Waals surface area contributed by atoms with E-state index in [1.165, 1.54) is 22.3 Å². The summed E-state index contributed by atoms with van der Waals surface area (Å²) in [5.74, 6) is 0. The van der Waals surface area contributed by atoms with E-state index >= 15 is 0 Å². The summed E-state index contributed by atoms with van der Waals surface area (Å²) in [5.41, 5.74) is 5.95. The molecular weight excluding hydrogens is 380 g/mol. The molecule has 29 heavy (non-hydrogen) atoms. The van der Waals surface area contributed by atoms with Gasteiger partial charge in [-0.25, -0.2) is 0 Å². The first-order valence-electron chi connectivity index (χ1n) is 11.4. The molecule has 1 N–H and O–H groups in total. The van der Waals surface area contributed by atoms with E-state index in [9.17, 15) is 13.0 Å². The molecule has 0 saturated carbocycles. The Morgan fingerprint density at radius 3 is 1.66 bits per heavy atom. The maximum Gasteiger partial charge on any atom is 0.295 e. The Labute approximate surface area is 177 Å². The van der Waals surface area contributed by atoms with Crippen molar-refractivity contribution >= 4 is 20.9 Å². The van der Waals surface area contributed by atoms with Gasteiger partial charge >= 0.3 is 0 Å². The fraction of sp³-hybridized carbons (Fsp3) is 0.600. The minimum Gasteiger partial charge on any atom is -0.282 e. The Morgan fingerprint density at radius 2 is 1.14 bits per heavy atom. The number of hydrogen-bond donors (Lipinski definition) is 1. The van der Waals surface area contributed by atoms with Crippen LogP contribution >= 0.6 is 0 Å². The molecule has 0 atom stereocenters. The molecule has 2 aromatic rings. The fourth-order valence-electron chi connectivity index (χ4n) is 4.78. The Bertz CT molecular complexity index is 943. The zero-order valence-corrected chi connectivity index (χ0v) is 19.7. The Hall–Kier alpha value is -1.39. The van der Waals surface area contributed by atoms with Crippen LogP contribution < -0.4 is 0 Å². The van der Waals surface area contributed by atoms with Crippen molar-refractivity contribution in [3.05, 3.63) is 39.9 Å². The molecule has 0 spiro atoms. The quantitative estimate of drug-likeness (QED) is 0.406. The summed E-state index contributed by atoms with van der Waals surface area (Å²) >= 11 is 0. The van der Waals surface area contributed by atoms with Gasteiger partial charge in [-0.3, -0.25) is 4.55 Å². The normalized spacial score (nSPS) is 12.1. The SMILES string of the molecule is CCCc1ccc2c(S(=O)(=O)O)c(CCC)c(CCC)c(CCC)c2c1CCC. The topological polar surface area (TPSA) is 54.4 Å². The van der Waals surface area contributed by atoms with Gasteiger partial charge in [-0.05, 0) is 65.3 Å². The standard InChI is InChI=1S/C25H38O3S/c1-6-11-18-16-17-23-24(19(18)12-7-2)21(14-9-4)20(13-8-3)22(15-10-5)25(23)29(26,27)28/h16-17H,6-15H2,1-5H3,(H,26,27,28). The van der Waals surface area contributed by atoms with E-state index in [-0.39, 0.29) is 4.90 Å². The van der Waals surface area contributed by atoms with Crippen molar-refractivity contribution in [2.45, 2.75) is 104 Å². The van der Waals surface area contributed by atoms with Gasteiger partial charge in [0.05, 0.1) is 0 Å². The lowest BCUT2D eigenvalue weighted by Gasteiger charge is -2.24. The minimum atomic E-state index is -4.31. The third-order valence-corrected chi connectivity index (χ3v) is 6.72. The number of rotatable bonds is 11. The lowest BCUT2D eigenvalue weighted by Crippen LogP contribution is -2.13. The van der Waals surface area contributed by atoms with Gasteiger partial charge in [0.2, 0.25) is 0 Å². The van der Waals surface area contributed by atoms with Gasteiger partial charge in [-0.15, -0.1) is 0 Å². The third-order valence-electron chi connectivity index (χ3n) is 5.74. The first kappa shape index (κ1) is 23.9. The maximum absolute atomic E-state index is 12.6. The van der Waals surface area contributed by atoms with Gasteiger partial charge in [0, 0.05) is 5.39 Å². The van der Waals surface area contributed by atoms with Crippen LogP contribution in [0.1, 0.15) is 94.5 Å². The van der Waals surface area contributed by atoms with Gasteiger partial charge in [-0.2, -0.15) is 8.42 Å². The van der Waals surface area contributed by atoms with Crippen LogP contribution in [-0.2, 0) is 42.2 Å². The largest absolute Gasteiger partial charge is 0.295 e. The monoisotopic (exact) mass is 418 g/mol. The summed E-state index contributed by atoms with van der Waals surface area (Å²) < 4.78 is 35.5. The summed E-state index contributed by atoms with van der Waals surface area (Å²) in [5, 5.41) is 1.83. The first-order valence-corrected chi connectivity index (χ1v) is 12.9. The van der Waals surface area contributed by atoms with Crippen LogP contribution in [0.4, 0.5) is 0 Å². The predicted molar refractivity (Wildman–Crippen MR) is 124 cm³/mol. The first-order chi connectivity index (χ1) is 13.8. The summed E-state index contributed by atoms with van der Waals surface area (Å²) in [6.07, 6.45) is 9.32. The molecule has 0 saturated heterocycles. The van der Waals surface area contributed by atoms with Crippen molar-refractivity contribution in [2.24, 2.45) is 0 Å². The van der Waals surface area contributed by atoms with Gasteiger partial charge < -0.3 is 0 Å². The number of hydrogen-bond acceptors (Lipinski definition) is 2. The molecule has 0 heterocycles. The molecule has 0 aliphatic carbocycles. The van der Waals surface area contributed by atoms with Crippen molar-refractivity contribution in [2.75, 3.05) is 0 Å². The third kappa shape index (κ3) is 5.03. The van der Waals surface area contributed by atoms with E-state index in [1.54, 1.807) is 0 Å². The van der Waals surface area contributed by atoms with Gasteiger partial charge in [0.25, 0.3) is 10.1 Å². The van der Waals surface area contributed by atoms with Crippen molar-refractivity contribution in [1.29, 1.82) is 0 Å². The van der Waals surface area contributed by atoms with Crippen LogP contribution in [0.15, 0.2) is 17.0 Å². The van der Waals surface area contributed by atoms with Crippen molar-refractivity contribution in [1.82, 2.24) is 0 Å². The predicted octanol–water partition coefficient (Wildman–Crippen LogP) is 6.85. The Morgan fingerprint density at radius 1 is 0.655 bits per heavy atom. The summed E-state index contributed by atoms with van der Waals surface area (Å²) in [6.45, 7) is 10.8. The molecule has 162 valence electrons. The molecule has 4 heteroatoms. The molecule has 0 bridgehead atoms. The molecule has 0 amide bonds. The molecule has 0 aromatic heterocycles. The van der Waals surface area contributed by atoms with E-state index in [0.717, 1.165) is 74.1 Å². The second kappa shape index (κ2) is 10.6. The average molecular weight is 419 g/mol. The highest BCUT2D eigenvalue weighted by Crippen LogP contribution is 2.39. The molecule has 2 aromatic carbocycles. The highest BCUT2D eigenvalue weighted by molar-refractivity contribution is 7.86. The smallest absolute Gasteiger partial charge is 0.282 e. The minimum absolute atomic E-state index is 0.165. The molecule has 0 radical (unpaired) electrons. The summed E-state index contributed by atoms with van der Waals surface area (Å²) in [4.78, 5) is 0.165. The van der Waals surface area contributed by atoms with Crippen molar-refractivity contribution in [3.8, 4) is 0 Å². The zero-order valence-electron chi connectivity index (χ0n) is 18.9. The van der Waals surface area contributed by atoms with E-state index in [2.05, 4.69) is 40.7 Å². The van der Waals surface area contributed by atoms with E-state index in [1.807, 2.05) is 6.07 Å². The fourth-order valence-corrected chi connectivity index (χ4v) is 5.77. The van der Waals surface area contributed by atoms with Crippen LogP contribution in [0.2, 0.25) is 0 Å². The average Bonchev–Trinajstić information content (AvgIpc) is 2.65. The van der Waals surface area contributed by atoms with Crippen LogP contribution in [0.25, 0.3) is 10.8 Å². The van der Waals surface area contributed by atoms with Crippen LogP contribution in [0.5, 0.6) is 0 Å². The molecule has 2 rings (SSSR count). The van der Waals surface area contributed by atoms with Crippen LogP contribution in [0, 0.1) is 0 Å². The lowest BCUT2D eigenvalue weighted by atomic mass is 9.83. The zero-order chi connectivity index (χ0) is 21.6. The van der Waals surface area contributed by atoms with Gasteiger partial charge in [0.15, 0.2) is 0 Å². The number of benzene rings is 2. The molecule has 3 nitrogen and oxygen atoms in total. The van der Waals surface area contributed by atoms with E-state index < -0.39 is 10.1 Å². The summed E-state index contributed by atoms with van der Waals surface area (Å²) in [6, 6.07) is 4.05. The second-order valence-corrected chi connectivity index (χ2v) is 9.47. The highest BCUT2D eigenvalue weighted by Gasteiger charge is 2.27. The van der Waals surface area contributed by atoms with Crippen LogP contribution in [-0.4, -0.2) is 13.0 Å².